The lowest BCUT2D eigenvalue weighted by Crippen LogP contribution is -2.32. The fourth-order valence-electron chi connectivity index (χ4n) is 4.24. The van der Waals surface area contributed by atoms with Gasteiger partial charge in [0.15, 0.2) is 18.1 Å². The van der Waals surface area contributed by atoms with Crippen molar-refractivity contribution in [3.63, 3.8) is 0 Å². The van der Waals surface area contributed by atoms with Crippen LogP contribution in [-0.4, -0.2) is 36.0 Å². The molecule has 4 aromatic rings. The summed E-state index contributed by atoms with van der Waals surface area (Å²) >= 11 is 1.33. The minimum Gasteiger partial charge on any atom is -0.465 e. The van der Waals surface area contributed by atoms with Crippen LogP contribution < -0.4 is 5.32 Å². The molecular formula is C26H22N2O6S. The van der Waals surface area contributed by atoms with Gasteiger partial charge in [0.2, 0.25) is 0 Å². The van der Waals surface area contributed by atoms with Crippen molar-refractivity contribution in [1.82, 2.24) is 4.98 Å². The molecule has 0 radical (unpaired) electrons. The normalized spacial score (nSPS) is 13.0. The third kappa shape index (κ3) is 4.19. The van der Waals surface area contributed by atoms with Gasteiger partial charge in [0, 0.05) is 4.88 Å². The maximum Gasteiger partial charge on any atom is 0.341 e. The summed E-state index contributed by atoms with van der Waals surface area (Å²) in [6, 6.07) is 12.7. The smallest absolute Gasteiger partial charge is 0.341 e. The molecule has 2 aromatic carbocycles. The van der Waals surface area contributed by atoms with Crippen LogP contribution in [-0.2, 0) is 27.1 Å². The van der Waals surface area contributed by atoms with Crippen LogP contribution >= 0.6 is 11.3 Å². The summed E-state index contributed by atoms with van der Waals surface area (Å²) in [5, 5.41) is 3.21. The summed E-state index contributed by atoms with van der Waals surface area (Å²) in [4.78, 5) is 43.5. The highest BCUT2D eigenvalue weighted by molar-refractivity contribution is 7.20. The lowest BCUT2D eigenvalue weighted by Gasteiger charge is -2.17. The first-order valence-corrected chi connectivity index (χ1v) is 12.0. The number of hydrogen-bond donors (Lipinski definition) is 1. The summed E-state index contributed by atoms with van der Waals surface area (Å²) in [5.41, 5.74) is 4.78. The first kappa shape index (κ1) is 22.8. The Morgan fingerprint density at radius 2 is 1.97 bits per heavy atom. The molecule has 2 heterocycles. The van der Waals surface area contributed by atoms with Crippen LogP contribution in [0.3, 0.4) is 0 Å². The molecule has 0 saturated carbocycles. The highest BCUT2D eigenvalue weighted by atomic mass is 32.1. The topological polar surface area (TPSA) is 108 Å². The number of fused-ring (bicyclic) bond motifs is 4. The van der Waals surface area contributed by atoms with E-state index in [4.69, 9.17) is 13.9 Å². The van der Waals surface area contributed by atoms with Crippen molar-refractivity contribution in [3.8, 4) is 10.4 Å². The fraction of sp³-hybridized carbons (Fsp3) is 0.231. The Bertz CT molecular complexity index is 1450. The average molecular weight is 491 g/mol. The van der Waals surface area contributed by atoms with Gasteiger partial charge in [-0.15, -0.1) is 11.3 Å². The summed E-state index contributed by atoms with van der Waals surface area (Å²) in [6.45, 7) is 1.75. The number of oxazole rings is 1. The second-order valence-corrected chi connectivity index (χ2v) is 9.11. The number of methoxy groups -OCH3 is 1. The molecule has 1 atom stereocenters. The van der Waals surface area contributed by atoms with Gasteiger partial charge in [-0.05, 0) is 54.2 Å². The van der Waals surface area contributed by atoms with Crippen LogP contribution in [0, 0.1) is 0 Å². The first-order chi connectivity index (χ1) is 17.0. The highest BCUT2D eigenvalue weighted by Crippen LogP contribution is 2.45. The van der Waals surface area contributed by atoms with Gasteiger partial charge >= 0.3 is 11.9 Å². The largest absolute Gasteiger partial charge is 0.465 e. The van der Waals surface area contributed by atoms with E-state index in [1.54, 1.807) is 25.1 Å². The zero-order valence-corrected chi connectivity index (χ0v) is 19.9. The summed E-state index contributed by atoms with van der Waals surface area (Å²) in [6.07, 6.45) is 1.96. The molecule has 1 amide bonds. The van der Waals surface area contributed by atoms with E-state index in [9.17, 15) is 14.4 Å². The summed E-state index contributed by atoms with van der Waals surface area (Å²) < 4.78 is 15.7. The lowest BCUT2D eigenvalue weighted by molar-refractivity contribution is -0.124. The number of carbonyl (C=O) groups excluding carboxylic acids is 3. The number of esters is 2. The molecule has 0 bridgehead atoms. The van der Waals surface area contributed by atoms with E-state index < -0.39 is 23.9 Å². The number of aryl methyl sites for hydroxylation is 1. The molecule has 1 unspecified atom stereocenters. The van der Waals surface area contributed by atoms with Gasteiger partial charge in [0.05, 0.1) is 18.2 Å². The molecule has 9 heteroatoms. The fourth-order valence-corrected chi connectivity index (χ4v) is 5.54. The minimum absolute atomic E-state index is 0.255. The van der Waals surface area contributed by atoms with Crippen molar-refractivity contribution in [1.29, 1.82) is 0 Å². The Morgan fingerprint density at radius 1 is 1.14 bits per heavy atom. The number of carbonyl (C=O) groups is 3. The van der Waals surface area contributed by atoms with Crippen molar-refractivity contribution in [2.75, 3.05) is 12.4 Å². The van der Waals surface area contributed by atoms with Crippen LogP contribution in [0.5, 0.6) is 0 Å². The number of thiophene rings is 1. The molecule has 0 saturated heterocycles. The monoisotopic (exact) mass is 490 g/mol. The van der Waals surface area contributed by atoms with Crippen LogP contribution in [0.2, 0.25) is 0 Å². The number of hydrogen-bond acceptors (Lipinski definition) is 8. The molecule has 35 heavy (non-hydrogen) atoms. The van der Waals surface area contributed by atoms with Crippen molar-refractivity contribution in [3.05, 3.63) is 71.1 Å². The van der Waals surface area contributed by atoms with Gasteiger partial charge in [-0.2, -0.15) is 0 Å². The second kappa shape index (κ2) is 9.34. The average Bonchev–Trinajstić information content (AvgIpc) is 3.50. The molecule has 1 aliphatic carbocycles. The zero-order chi connectivity index (χ0) is 24.5. The van der Waals surface area contributed by atoms with E-state index in [0.29, 0.717) is 28.1 Å². The summed E-state index contributed by atoms with van der Waals surface area (Å²) in [7, 11) is 1.32. The van der Waals surface area contributed by atoms with E-state index in [-0.39, 0.29) is 12.0 Å². The maximum atomic E-state index is 13.1. The molecule has 178 valence electrons. The van der Waals surface area contributed by atoms with Crippen LogP contribution in [0.15, 0.2) is 53.3 Å². The number of nitrogens with one attached hydrogen (secondary N) is 1. The van der Waals surface area contributed by atoms with E-state index in [2.05, 4.69) is 16.4 Å². The van der Waals surface area contributed by atoms with E-state index in [1.165, 1.54) is 30.4 Å². The molecular weight excluding hydrogens is 468 g/mol. The van der Waals surface area contributed by atoms with Crippen LogP contribution in [0.4, 0.5) is 5.00 Å². The van der Waals surface area contributed by atoms with Crippen molar-refractivity contribution >= 4 is 45.3 Å². The van der Waals surface area contributed by atoms with Gasteiger partial charge in [0.1, 0.15) is 10.5 Å². The third-order valence-electron chi connectivity index (χ3n) is 6.02. The molecule has 0 fully saturated rings. The van der Waals surface area contributed by atoms with E-state index in [0.717, 1.165) is 22.4 Å². The quantitative estimate of drug-likeness (QED) is 0.378. The third-order valence-corrected chi connectivity index (χ3v) is 7.20. The molecule has 1 aliphatic rings. The van der Waals surface area contributed by atoms with Gasteiger partial charge in [-0.3, -0.25) is 4.79 Å². The number of nitrogens with zero attached hydrogens (tertiary/aromatic N) is 1. The number of anilines is 1. The Hall–Kier alpha value is -3.98. The van der Waals surface area contributed by atoms with Crippen molar-refractivity contribution in [2.24, 2.45) is 0 Å². The Morgan fingerprint density at radius 3 is 2.77 bits per heavy atom. The zero-order valence-electron chi connectivity index (χ0n) is 19.1. The van der Waals surface area contributed by atoms with E-state index >= 15 is 0 Å². The number of rotatable bonds is 6. The van der Waals surface area contributed by atoms with Crippen molar-refractivity contribution in [2.45, 2.75) is 32.3 Å². The lowest BCUT2D eigenvalue weighted by atomic mass is 9.89. The standard InChI is InChI=1S/C26H22N2O6S/c1-3-19(34-25(30)15-9-11-20-18(12-15)27-13-33-20)23(29)28-24-21(26(31)32-2)17-10-8-14-6-4-5-7-16(14)22(17)35-24/h4-7,9,11-13,19H,3,8,10H2,1-2H3,(H,28,29). The number of amides is 1. The maximum absolute atomic E-state index is 13.1. The van der Waals surface area contributed by atoms with Crippen molar-refractivity contribution < 1.29 is 28.3 Å². The number of aromatic nitrogens is 1. The van der Waals surface area contributed by atoms with Crippen LogP contribution in [0.25, 0.3) is 21.5 Å². The van der Waals surface area contributed by atoms with Gasteiger partial charge in [0.25, 0.3) is 5.91 Å². The minimum atomic E-state index is -1.05. The molecule has 5 rings (SSSR count). The molecule has 8 nitrogen and oxygen atoms in total. The second-order valence-electron chi connectivity index (χ2n) is 8.09. The summed E-state index contributed by atoms with van der Waals surface area (Å²) in [5.74, 6) is -1.67. The van der Waals surface area contributed by atoms with Gasteiger partial charge in [-0.25, -0.2) is 14.6 Å². The van der Waals surface area contributed by atoms with Gasteiger partial charge < -0.3 is 19.2 Å². The Labute approximate surface area is 204 Å². The molecule has 0 aliphatic heterocycles. The van der Waals surface area contributed by atoms with E-state index in [1.807, 2.05) is 18.2 Å². The first-order valence-electron chi connectivity index (χ1n) is 11.2. The Kier molecular flexibility index (Phi) is 6.08. The molecule has 2 aromatic heterocycles. The molecule has 0 spiro atoms. The number of benzene rings is 2. The SMILES string of the molecule is CCC(OC(=O)c1ccc2ocnc2c1)C(=O)Nc1sc2c(c1C(=O)OC)CCc1ccccc1-2. The van der Waals surface area contributed by atoms with Crippen LogP contribution in [0.1, 0.15) is 45.2 Å². The highest BCUT2D eigenvalue weighted by Gasteiger charge is 2.31. The number of ether oxygens (including phenoxy) is 2. The van der Waals surface area contributed by atoms with Gasteiger partial charge in [-0.1, -0.05) is 31.2 Å². The predicted molar refractivity (Wildman–Crippen MR) is 131 cm³/mol. The molecule has 1 N–H and O–H groups in total. The predicted octanol–water partition coefficient (Wildman–Crippen LogP) is 5.02. The Balaban J connectivity index is 1.40.